The number of aryl methyl sites for hydroxylation is 1. The van der Waals surface area contributed by atoms with Crippen LogP contribution in [0.5, 0.6) is 0 Å². The van der Waals surface area contributed by atoms with Crippen LogP contribution in [0.25, 0.3) is 33.8 Å². The van der Waals surface area contributed by atoms with Gasteiger partial charge in [-0.05, 0) is 37.3 Å². The Morgan fingerprint density at radius 2 is 1.00 bits per heavy atom. The first-order valence-electron chi connectivity index (χ1n) is 8.36. The molecule has 4 rings (SSSR count). The summed E-state index contributed by atoms with van der Waals surface area (Å²) in [5.41, 5.74) is 7.29. The lowest BCUT2D eigenvalue weighted by molar-refractivity contribution is 1.20. The zero-order chi connectivity index (χ0) is 17.1. The quantitative estimate of drug-likeness (QED) is 0.477. The number of aromatic nitrogens is 2. The third-order valence-corrected chi connectivity index (χ3v) is 4.16. The average Bonchev–Trinajstić information content (AvgIpc) is 2.69. The molecule has 0 N–H and O–H groups in total. The molecule has 2 heterocycles. The molecule has 0 unspecified atom stereocenters. The molecule has 0 saturated carbocycles. The maximum atomic E-state index is 4.85. The van der Waals surface area contributed by atoms with Crippen LogP contribution >= 0.6 is 0 Å². The fourth-order valence-corrected chi connectivity index (χ4v) is 2.91. The average molecular weight is 322 g/mol. The highest BCUT2D eigenvalue weighted by molar-refractivity contribution is 5.71. The van der Waals surface area contributed by atoms with Crippen molar-refractivity contribution in [1.29, 1.82) is 0 Å². The summed E-state index contributed by atoms with van der Waals surface area (Å²) in [6, 6.07) is 30.9. The van der Waals surface area contributed by atoms with Gasteiger partial charge in [0.15, 0.2) is 0 Å². The van der Waals surface area contributed by atoms with Gasteiger partial charge in [0.25, 0.3) is 0 Å². The standard InChI is InChI=1S/C23H18N2/c1-17-8-5-13-22(24-17)19-11-6-12-20(16-19)23-15-7-14-21(25-23)18-9-3-2-4-10-18/h2-16H,1H3. The van der Waals surface area contributed by atoms with Crippen molar-refractivity contribution in [3.8, 4) is 33.8 Å². The van der Waals surface area contributed by atoms with Crippen molar-refractivity contribution in [2.24, 2.45) is 0 Å². The molecule has 2 heteroatoms. The fraction of sp³-hybridized carbons (Fsp3) is 0.0435. The Morgan fingerprint density at radius 1 is 0.480 bits per heavy atom. The molecule has 0 atom stereocenters. The monoisotopic (exact) mass is 322 g/mol. The highest BCUT2D eigenvalue weighted by Gasteiger charge is 2.06. The van der Waals surface area contributed by atoms with Crippen LogP contribution in [-0.4, -0.2) is 9.97 Å². The van der Waals surface area contributed by atoms with E-state index in [1.165, 1.54) is 0 Å². The minimum Gasteiger partial charge on any atom is -0.253 e. The van der Waals surface area contributed by atoms with E-state index in [-0.39, 0.29) is 0 Å². The topological polar surface area (TPSA) is 25.8 Å². The fourth-order valence-electron chi connectivity index (χ4n) is 2.91. The summed E-state index contributed by atoms with van der Waals surface area (Å²) in [6.07, 6.45) is 0. The smallest absolute Gasteiger partial charge is 0.0709 e. The molecule has 2 aromatic heterocycles. The summed E-state index contributed by atoms with van der Waals surface area (Å²) in [6.45, 7) is 2.01. The molecule has 25 heavy (non-hydrogen) atoms. The lowest BCUT2D eigenvalue weighted by Gasteiger charge is -2.07. The summed E-state index contributed by atoms with van der Waals surface area (Å²) in [5, 5.41) is 0. The first-order chi connectivity index (χ1) is 12.3. The molecule has 2 nitrogen and oxygen atoms in total. The number of pyridine rings is 2. The van der Waals surface area contributed by atoms with Gasteiger partial charge >= 0.3 is 0 Å². The van der Waals surface area contributed by atoms with Crippen molar-refractivity contribution in [1.82, 2.24) is 9.97 Å². The van der Waals surface area contributed by atoms with Crippen LogP contribution in [0.15, 0.2) is 91.0 Å². The molecule has 0 aliphatic rings. The number of rotatable bonds is 3. The van der Waals surface area contributed by atoms with Gasteiger partial charge in [0.05, 0.1) is 17.1 Å². The summed E-state index contributed by atoms with van der Waals surface area (Å²) >= 11 is 0. The van der Waals surface area contributed by atoms with Crippen molar-refractivity contribution >= 4 is 0 Å². The molecule has 0 aliphatic carbocycles. The lowest BCUT2D eigenvalue weighted by Crippen LogP contribution is -1.90. The predicted molar refractivity (Wildman–Crippen MR) is 103 cm³/mol. The number of benzene rings is 2. The molecule has 0 saturated heterocycles. The summed E-state index contributed by atoms with van der Waals surface area (Å²) in [7, 11) is 0. The minimum absolute atomic E-state index is 0.968. The maximum absolute atomic E-state index is 4.85. The SMILES string of the molecule is Cc1cccc(-c2cccc(-c3cccc(-c4ccccc4)n3)c2)n1. The van der Waals surface area contributed by atoms with Crippen LogP contribution in [0, 0.1) is 6.92 Å². The van der Waals surface area contributed by atoms with Crippen LogP contribution in [0.3, 0.4) is 0 Å². The lowest BCUT2D eigenvalue weighted by atomic mass is 10.0. The zero-order valence-corrected chi connectivity index (χ0v) is 14.1. The Hall–Kier alpha value is -3.26. The van der Waals surface area contributed by atoms with E-state index in [0.29, 0.717) is 0 Å². The molecule has 0 spiro atoms. The van der Waals surface area contributed by atoms with E-state index in [1.807, 2.05) is 49.4 Å². The molecule has 0 bridgehead atoms. The molecular weight excluding hydrogens is 304 g/mol. The molecule has 4 aromatic rings. The number of hydrogen-bond donors (Lipinski definition) is 0. The highest BCUT2D eigenvalue weighted by Crippen LogP contribution is 2.26. The number of nitrogens with zero attached hydrogens (tertiary/aromatic N) is 2. The van der Waals surface area contributed by atoms with Crippen LogP contribution in [0.2, 0.25) is 0 Å². The van der Waals surface area contributed by atoms with Gasteiger partial charge < -0.3 is 0 Å². The van der Waals surface area contributed by atoms with Gasteiger partial charge in [-0.3, -0.25) is 4.98 Å². The third kappa shape index (κ3) is 3.33. The molecule has 2 aromatic carbocycles. The summed E-state index contributed by atoms with van der Waals surface area (Å²) < 4.78 is 0. The zero-order valence-electron chi connectivity index (χ0n) is 14.1. The first-order valence-corrected chi connectivity index (χ1v) is 8.36. The van der Waals surface area contributed by atoms with Crippen LogP contribution in [-0.2, 0) is 0 Å². The number of hydrogen-bond acceptors (Lipinski definition) is 2. The Labute approximate surface area is 147 Å². The second kappa shape index (κ2) is 6.70. The normalized spacial score (nSPS) is 10.6. The van der Waals surface area contributed by atoms with Crippen molar-refractivity contribution in [2.45, 2.75) is 6.92 Å². The van der Waals surface area contributed by atoms with E-state index in [4.69, 9.17) is 4.98 Å². The second-order valence-corrected chi connectivity index (χ2v) is 6.02. The van der Waals surface area contributed by atoms with Crippen LogP contribution in [0.1, 0.15) is 5.69 Å². The Kier molecular flexibility index (Phi) is 4.09. The van der Waals surface area contributed by atoms with E-state index in [9.17, 15) is 0 Å². The van der Waals surface area contributed by atoms with Crippen LogP contribution in [0.4, 0.5) is 0 Å². The summed E-state index contributed by atoms with van der Waals surface area (Å²) in [4.78, 5) is 9.47. The van der Waals surface area contributed by atoms with E-state index < -0.39 is 0 Å². The second-order valence-electron chi connectivity index (χ2n) is 6.02. The van der Waals surface area contributed by atoms with Gasteiger partial charge in [0, 0.05) is 22.4 Å². The molecule has 0 radical (unpaired) electrons. The van der Waals surface area contributed by atoms with Gasteiger partial charge in [-0.25, -0.2) is 4.98 Å². The minimum atomic E-state index is 0.968. The van der Waals surface area contributed by atoms with E-state index in [0.717, 1.165) is 39.5 Å². The highest BCUT2D eigenvalue weighted by atomic mass is 14.7. The van der Waals surface area contributed by atoms with E-state index in [2.05, 4.69) is 53.5 Å². The van der Waals surface area contributed by atoms with Gasteiger partial charge in [0.2, 0.25) is 0 Å². The van der Waals surface area contributed by atoms with Gasteiger partial charge in [-0.15, -0.1) is 0 Å². The van der Waals surface area contributed by atoms with Crippen LogP contribution < -0.4 is 0 Å². The van der Waals surface area contributed by atoms with Crippen molar-refractivity contribution in [3.05, 3.63) is 96.7 Å². The third-order valence-electron chi connectivity index (χ3n) is 4.16. The molecule has 120 valence electrons. The largest absolute Gasteiger partial charge is 0.253 e. The summed E-state index contributed by atoms with van der Waals surface area (Å²) in [5.74, 6) is 0. The molecule has 0 fully saturated rings. The Morgan fingerprint density at radius 3 is 1.68 bits per heavy atom. The van der Waals surface area contributed by atoms with Crippen molar-refractivity contribution < 1.29 is 0 Å². The van der Waals surface area contributed by atoms with E-state index >= 15 is 0 Å². The molecule has 0 aliphatic heterocycles. The Bertz CT molecular complexity index is 1010. The van der Waals surface area contributed by atoms with Crippen molar-refractivity contribution in [3.63, 3.8) is 0 Å². The maximum Gasteiger partial charge on any atom is 0.0709 e. The van der Waals surface area contributed by atoms with Crippen molar-refractivity contribution in [2.75, 3.05) is 0 Å². The molecular formula is C23H18N2. The first kappa shape index (κ1) is 15.3. The Balaban J connectivity index is 1.75. The predicted octanol–water partition coefficient (Wildman–Crippen LogP) is 5.79. The van der Waals surface area contributed by atoms with Gasteiger partial charge in [-0.1, -0.05) is 60.7 Å². The van der Waals surface area contributed by atoms with E-state index in [1.54, 1.807) is 0 Å². The van der Waals surface area contributed by atoms with Gasteiger partial charge in [-0.2, -0.15) is 0 Å². The van der Waals surface area contributed by atoms with Gasteiger partial charge in [0.1, 0.15) is 0 Å². The molecule has 0 amide bonds.